The summed E-state index contributed by atoms with van der Waals surface area (Å²) >= 11 is 6.32. The van der Waals surface area contributed by atoms with Gasteiger partial charge in [0.25, 0.3) is 0 Å². The SMILES string of the molecule is CCCCc1nc(Cc2ccc(OC(C(=O)O)c3ccccc3)cc2)c(CO)n1Cl. The average molecular weight is 429 g/mol. The molecule has 3 aromatic rings. The third kappa shape index (κ3) is 5.20. The largest absolute Gasteiger partial charge is 0.478 e. The van der Waals surface area contributed by atoms with Gasteiger partial charge in [0.2, 0.25) is 6.10 Å². The van der Waals surface area contributed by atoms with Crippen LogP contribution in [-0.2, 0) is 24.2 Å². The summed E-state index contributed by atoms with van der Waals surface area (Å²) in [5.41, 5.74) is 2.87. The van der Waals surface area contributed by atoms with Gasteiger partial charge in [-0.1, -0.05) is 55.8 Å². The Kier molecular flexibility index (Phi) is 7.49. The molecular formula is C23H25ClN2O4. The zero-order valence-electron chi connectivity index (χ0n) is 16.8. The van der Waals surface area contributed by atoms with Gasteiger partial charge in [-0.3, -0.25) is 0 Å². The van der Waals surface area contributed by atoms with E-state index < -0.39 is 12.1 Å². The minimum absolute atomic E-state index is 0.184. The van der Waals surface area contributed by atoms with Gasteiger partial charge >= 0.3 is 5.97 Å². The average Bonchev–Trinajstić information content (AvgIpc) is 3.06. The van der Waals surface area contributed by atoms with Crippen LogP contribution in [-0.4, -0.2) is 25.3 Å². The van der Waals surface area contributed by atoms with Crippen LogP contribution in [0.4, 0.5) is 0 Å². The van der Waals surface area contributed by atoms with Crippen molar-refractivity contribution in [3.8, 4) is 5.75 Å². The smallest absolute Gasteiger partial charge is 0.349 e. The molecule has 0 aliphatic rings. The number of unbranched alkanes of at least 4 members (excludes halogenated alkanes) is 1. The maximum Gasteiger partial charge on any atom is 0.349 e. The van der Waals surface area contributed by atoms with Crippen molar-refractivity contribution in [2.75, 3.05) is 0 Å². The van der Waals surface area contributed by atoms with E-state index in [9.17, 15) is 15.0 Å². The maximum atomic E-state index is 11.6. The molecule has 7 heteroatoms. The number of carboxylic acid groups (broad SMARTS) is 1. The lowest BCUT2D eigenvalue weighted by molar-refractivity contribution is -0.145. The fourth-order valence-electron chi connectivity index (χ4n) is 3.22. The van der Waals surface area contributed by atoms with Gasteiger partial charge in [-0.05, 0) is 24.1 Å². The van der Waals surface area contributed by atoms with Gasteiger partial charge < -0.3 is 14.9 Å². The molecule has 0 aliphatic heterocycles. The number of nitrogens with zero attached hydrogens (tertiary/aromatic N) is 2. The van der Waals surface area contributed by atoms with Crippen molar-refractivity contribution in [1.82, 2.24) is 9.07 Å². The molecule has 6 nitrogen and oxygen atoms in total. The zero-order valence-corrected chi connectivity index (χ0v) is 17.5. The summed E-state index contributed by atoms with van der Waals surface area (Å²) in [6.07, 6.45) is 2.21. The first-order valence-electron chi connectivity index (χ1n) is 9.93. The maximum absolute atomic E-state index is 11.6. The Bertz CT molecular complexity index is 971. The lowest BCUT2D eigenvalue weighted by Gasteiger charge is -2.15. The predicted molar refractivity (Wildman–Crippen MR) is 115 cm³/mol. The van der Waals surface area contributed by atoms with Crippen molar-refractivity contribution < 1.29 is 19.7 Å². The van der Waals surface area contributed by atoms with E-state index in [0.29, 0.717) is 23.4 Å². The highest BCUT2D eigenvalue weighted by atomic mass is 35.5. The lowest BCUT2D eigenvalue weighted by Crippen LogP contribution is -2.18. The minimum Gasteiger partial charge on any atom is -0.478 e. The van der Waals surface area contributed by atoms with Crippen molar-refractivity contribution in [3.05, 3.63) is 82.9 Å². The molecule has 0 saturated carbocycles. The lowest BCUT2D eigenvalue weighted by atomic mass is 10.1. The predicted octanol–water partition coefficient (Wildman–Crippen LogP) is 4.52. The number of benzene rings is 2. The Morgan fingerprint density at radius 1 is 1.17 bits per heavy atom. The number of halogens is 1. The number of aliphatic hydroxyl groups excluding tert-OH is 1. The summed E-state index contributed by atoms with van der Waals surface area (Å²) in [4.78, 5) is 16.2. The molecule has 3 rings (SSSR count). The van der Waals surface area contributed by atoms with Crippen molar-refractivity contribution in [1.29, 1.82) is 0 Å². The number of aliphatic carboxylic acids is 1. The fraction of sp³-hybridized carbons (Fsp3) is 0.304. The van der Waals surface area contributed by atoms with Crippen LogP contribution >= 0.6 is 11.8 Å². The van der Waals surface area contributed by atoms with E-state index in [0.717, 1.165) is 36.3 Å². The van der Waals surface area contributed by atoms with Crippen LogP contribution in [0.1, 0.15) is 54.2 Å². The number of rotatable bonds is 10. The molecule has 0 spiro atoms. The first kappa shape index (κ1) is 21.9. The van der Waals surface area contributed by atoms with Crippen LogP contribution in [0.2, 0.25) is 0 Å². The minimum atomic E-state index is -1.08. The van der Waals surface area contributed by atoms with E-state index in [-0.39, 0.29) is 6.61 Å². The van der Waals surface area contributed by atoms with Crippen molar-refractivity contribution >= 4 is 17.7 Å². The Hall–Kier alpha value is -2.83. The van der Waals surface area contributed by atoms with Crippen LogP contribution in [0.3, 0.4) is 0 Å². The molecule has 0 fully saturated rings. The first-order valence-corrected chi connectivity index (χ1v) is 10.3. The van der Waals surface area contributed by atoms with Crippen molar-refractivity contribution in [2.45, 2.75) is 45.3 Å². The number of hydrogen-bond donors (Lipinski definition) is 2. The van der Waals surface area contributed by atoms with Crippen LogP contribution in [0.25, 0.3) is 0 Å². The molecule has 1 atom stereocenters. The molecule has 0 radical (unpaired) electrons. The highest BCUT2D eigenvalue weighted by Gasteiger charge is 2.21. The molecule has 0 saturated heterocycles. The number of aryl methyl sites for hydroxylation is 1. The highest BCUT2D eigenvalue weighted by molar-refractivity contribution is 6.16. The quantitative estimate of drug-likeness (QED) is 0.496. The topological polar surface area (TPSA) is 84.6 Å². The van der Waals surface area contributed by atoms with Crippen LogP contribution in [0.5, 0.6) is 5.75 Å². The number of imidazole rings is 1. The second-order valence-corrected chi connectivity index (χ2v) is 7.37. The number of ether oxygens (including phenoxy) is 1. The third-order valence-electron chi connectivity index (χ3n) is 4.84. The second kappa shape index (κ2) is 10.3. The second-order valence-electron chi connectivity index (χ2n) is 7.03. The highest BCUT2D eigenvalue weighted by Crippen LogP contribution is 2.24. The molecule has 2 N–H and O–H groups in total. The van der Waals surface area contributed by atoms with E-state index in [2.05, 4.69) is 11.9 Å². The molecule has 0 aliphatic carbocycles. The van der Waals surface area contributed by atoms with Crippen LogP contribution < -0.4 is 4.74 Å². The van der Waals surface area contributed by atoms with Gasteiger partial charge in [-0.15, -0.1) is 0 Å². The molecule has 158 valence electrons. The number of aromatic nitrogens is 2. The molecule has 1 unspecified atom stereocenters. The Balaban J connectivity index is 1.74. The molecule has 0 amide bonds. The zero-order chi connectivity index (χ0) is 21.5. The fourth-order valence-corrected chi connectivity index (χ4v) is 3.49. The number of aliphatic hydroxyl groups is 1. The number of carbonyl (C=O) groups is 1. The summed E-state index contributed by atoms with van der Waals surface area (Å²) in [7, 11) is 0. The van der Waals surface area contributed by atoms with Gasteiger partial charge in [0.15, 0.2) is 0 Å². The van der Waals surface area contributed by atoms with Gasteiger partial charge in [0.05, 0.1) is 18.0 Å². The van der Waals surface area contributed by atoms with Crippen molar-refractivity contribution in [3.63, 3.8) is 0 Å². The van der Waals surface area contributed by atoms with Gasteiger partial charge in [-0.25, -0.2) is 13.9 Å². The van der Waals surface area contributed by atoms with Gasteiger partial charge in [-0.2, -0.15) is 0 Å². The van der Waals surface area contributed by atoms with Crippen LogP contribution in [0, 0.1) is 0 Å². The van der Waals surface area contributed by atoms with E-state index >= 15 is 0 Å². The molecular weight excluding hydrogens is 404 g/mol. The Labute approximate surface area is 180 Å². The van der Waals surface area contributed by atoms with Gasteiger partial charge in [0, 0.05) is 30.2 Å². The molecule has 2 aromatic carbocycles. The third-order valence-corrected chi connectivity index (χ3v) is 5.24. The summed E-state index contributed by atoms with van der Waals surface area (Å²) < 4.78 is 7.16. The summed E-state index contributed by atoms with van der Waals surface area (Å²) in [5, 5.41) is 19.2. The standard InChI is InChI=1S/C23H25ClN2O4/c1-2-3-9-21-25-19(20(15-27)26(21)24)14-16-10-12-18(13-11-16)30-22(23(28)29)17-7-5-4-6-8-17/h4-8,10-13,22,27H,2-3,9,14-15H2,1H3,(H,28,29). The van der Waals surface area contributed by atoms with E-state index in [1.54, 1.807) is 36.4 Å². The molecule has 1 heterocycles. The molecule has 0 bridgehead atoms. The Morgan fingerprint density at radius 3 is 2.47 bits per heavy atom. The summed E-state index contributed by atoms with van der Waals surface area (Å²) in [6.45, 7) is 1.92. The van der Waals surface area contributed by atoms with Crippen LogP contribution in [0.15, 0.2) is 54.6 Å². The van der Waals surface area contributed by atoms with E-state index in [1.165, 1.54) is 4.09 Å². The monoisotopic (exact) mass is 428 g/mol. The number of carboxylic acids is 1. The number of hydrogen-bond acceptors (Lipinski definition) is 4. The first-order chi connectivity index (χ1) is 14.5. The normalized spacial score (nSPS) is 12.0. The molecule has 30 heavy (non-hydrogen) atoms. The summed E-state index contributed by atoms with van der Waals surface area (Å²) in [6, 6.07) is 16.0. The van der Waals surface area contributed by atoms with Crippen molar-refractivity contribution in [2.24, 2.45) is 0 Å². The summed E-state index contributed by atoms with van der Waals surface area (Å²) in [5.74, 6) is 0.165. The van der Waals surface area contributed by atoms with E-state index in [1.807, 2.05) is 18.2 Å². The van der Waals surface area contributed by atoms with Gasteiger partial charge in [0.1, 0.15) is 11.6 Å². The molecule has 1 aromatic heterocycles. The van der Waals surface area contributed by atoms with E-state index in [4.69, 9.17) is 16.5 Å². The Morgan fingerprint density at radius 2 is 1.87 bits per heavy atom.